The molecule has 4 fully saturated rings. The summed E-state index contributed by atoms with van der Waals surface area (Å²) < 4.78 is 11.2. The summed E-state index contributed by atoms with van der Waals surface area (Å²) in [5.41, 5.74) is 0. The van der Waals surface area contributed by atoms with Gasteiger partial charge in [0.15, 0.2) is 5.78 Å². The molecule has 3 heteroatoms. The summed E-state index contributed by atoms with van der Waals surface area (Å²) in [7, 11) is 0. The molecule has 0 aromatic rings. The molecule has 66 valence electrons. The van der Waals surface area contributed by atoms with E-state index in [1.54, 1.807) is 0 Å². The van der Waals surface area contributed by atoms with Crippen LogP contribution in [-0.4, -0.2) is 30.2 Å². The Kier molecular flexibility index (Phi) is 1.12. The summed E-state index contributed by atoms with van der Waals surface area (Å²) in [5, 5.41) is 0. The van der Waals surface area contributed by atoms with Crippen molar-refractivity contribution in [3.8, 4) is 0 Å². The molecule has 4 aliphatic heterocycles. The van der Waals surface area contributed by atoms with Gasteiger partial charge in [0, 0.05) is 11.8 Å². The summed E-state index contributed by atoms with van der Waals surface area (Å²) in [6.45, 7) is 4.15. The highest BCUT2D eigenvalue weighted by atomic mass is 16.6. The average molecular weight is 168 g/mol. The van der Waals surface area contributed by atoms with Crippen molar-refractivity contribution in [3.63, 3.8) is 0 Å². The molecule has 0 saturated carbocycles. The molecule has 0 amide bonds. The highest BCUT2D eigenvalue weighted by Gasteiger charge is 2.63. The van der Waals surface area contributed by atoms with Crippen LogP contribution in [-0.2, 0) is 14.3 Å². The van der Waals surface area contributed by atoms with E-state index in [4.69, 9.17) is 9.47 Å². The minimum atomic E-state index is -0.230. The summed E-state index contributed by atoms with van der Waals surface area (Å²) in [5.74, 6) is 0.822. The van der Waals surface area contributed by atoms with E-state index in [1.165, 1.54) is 0 Å². The van der Waals surface area contributed by atoms with Crippen LogP contribution in [0.25, 0.3) is 0 Å². The molecule has 4 heterocycles. The van der Waals surface area contributed by atoms with E-state index in [1.807, 2.05) is 6.92 Å². The third-order valence-electron chi connectivity index (χ3n) is 3.50. The minimum Gasteiger partial charge on any atom is -0.364 e. The lowest BCUT2D eigenvalue weighted by Gasteiger charge is -2.34. The molecular weight excluding hydrogens is 156 g/mol. The fraction of sp³-hybridized carbons (Fsp3) is 0.889. The van der Waals surface area contributed by atoms with Crippen LogP contribution < -0.4 is 0 Å². The van der Waals surface area contributed by atoms with Gasteiger partial charge in [-0.15, -0.1) is 0 Å². The van der Waals surface area contributed by atoms with Gasteiger partial charge in [0.2, 0.25) is 0 Å². The van der Waals surface area contributed by atoms with Gasteiger partial charge in [0.25, 0.3) is 0 Å². The lowest BCUT2D eigenvalue weighted by molar-refractivity contribution is -0.151. The monoisotopic (exact) mass is 168 g/mol. The number of ether oxygens (including phenoxy) is 2. The molecule has 4 saturated heterocycles. The second-order valence-electron chi connectivity index (χ2n) is 4.16. The van der Waals surface area contributed by atoms with Gasteiger partial charge in [0.1, 0.15) is 12.2 Å². The maximum atomic E-state index is 11.5. The Morgan fingerprint density at radius 1 is 1.00 bits per heavy atom. The Hall–Kier alpha value is -0.410. The number of Topliss-reactive ketones (excluding diaryl/α,β-unsaturated/α-hetero) is 1. The maximum Gasteiger partial charge on any atom is 0.193 e. The first-order valence-corrected chi connectivity index (χ1v) is 4.55. The Bertz CT molecular complexity index is 244. The molecule has 4 rings (SSSR count). The summed E-state index contributed by atoms with van der Waals surface area (Å²) >= 11 is 0. The molecule has 0 radical (unpaired) electrons. The first-order valence-electron chi connectivity index (χ1n) is 4.55. The second kappa shape index (κ2) is 1.91. The van der Waals surface area contributed by atoms with E-state index in [-0.39, 0.29) is 36.1 Å². The lowest BCUT2D eigenvalue weighted by atomic mass is 9.87. The first-order chi connectivity index (χ1) is 5.70. The zero-order valence-corrected chi connectivity index (χ0v) is 7.19. The van der Waals surface area contributed by atoms with Crippen LogP contribution in [0, 0.1) is 11.8 Å². The van der Waals surface area contributed by atoms with Crippen LogP contribution in [0.4, 0.5) is 0 Å². The first kappa shape index (κ1) is 7.04. The van der Waals surface area contributed by atoms with Crippen molar-refractivity contribution in [2.45, 2.75) is 38.3 Å². The number of ketones is 1. The van der Waals surface area contributed by atoms with Gasteiger partial charge in [-0.3, -0.25) is 4.79 Å². The van der Waals surface area contributed by atoms with Gasteiger partial charge in [-0.25, -0.2) is 0 Å². The smallest absolute Gasteiger partial charge is 0.193 e. The topological polar surface area (TPSA) is 35.5 Å². The average Bonchev–Trinajstić information content (AvgIpc) is 2.43. The normalized spacial score (nSPS) is 61.7. The third kappa shape index (κ3) is 0.559. The Morgan fingerprint density at radius 3 is 2.33 bits per heavy atom. The molecule has 0 aromatic carbocycles. The van der Waals surface area contributed by atoms with Crippen LogP contribution in [0.1, 0.15) is 13.8 Å². The van der Waals surface area contributed by atoms with Crippen LogP contribution in [0.3, 0.4) is 0 Å². The highest BCUT2D eigenvalue weighted by Crippen LogP contribution is 2.47. The van der Waals surface area contributed by atoms with Crippen molar-refractivity contribution in [2.24, 2.45) is 11.8 Å². The van der Waals surface area contributed by atoms with Crippen molar-refractivity contribution in [2.75, 3.05) is 0 Å². The standard InChI is InChI=1S/C9H12O3/c1-3-6-4(2)8-9(11-6)5(10)7(3)12-8/h3-4,6-9H,1-2H3/t3?,4?,6?,7-,8+,9?/m1/s1. The summed E-state index contributed by atoms with van der Waals surface area (Å²) in [4.78, 5) is 11.5. The molecule has 0 N–H and O–H groups in total. The second-order valence-corrected chi connectivity index (χ2v) is 4.16. The largest absolute Gasteiger partial charge is 0.364 e. The number of hydrogen-bond donors (Lipinski definition) is 0. The van der Waals surface area contributed by atoms with E-state index in [0.717, 1.165) is 0 Å². The third-order valence-corrected chi connectivity index (χ3v) is 3.50. The van der Waals surface area contributed by atoms with Crippen LogP contribution in [0.2, 0.25) is 0 Å². The molecule has 0 aromatic heterocycles. The summed E-state index contributed by atoms with van der Waals surface area (Å²) in [6.07, 6.45) is -0.0682. The number of carbonyl (C=O) groups is 1. The molecule has 0 spiro atoms. The van der Waals surface area contributed by atoms with E-state index >= 15 is 0 Å². The van der Waals surface area contributed by atoms with Gasteiger partial charge < -0.3 is 9.47 Å². The predicted octanol–water partition coefficient (Wildman–Crippen LogP) is 0.376. The van der Waals surface area contributed by atoms with Crippen molar-refractivity contribution in [1.82, 2.24) is 0 Å². The van der Waals surface area contributed by atoms with Crippen molar-refractivity contribution >= 4 is 5.78 Å². The minimum absolute atomic E-state index is 0.0590. The van der Waals surface area contributed by atoms with Crippen LogP contribution >= 0.6 is 0 Å². The fourth-order valence-corrected chi connectivity index (χ4v) is 2.81. The molecule has 3 nitrogen and oxygen atoms in total. The maximum absolute atomic E-state index is 11.5. The van der Waals surface area contributed by atoms with Gasteiger partial charge in [-0.1, -0.05) is 13.8 Å². The molecular formula is C9H12O3. The van der Waals surface area contributed by atoms with E-state index in [9.17, 15) is 4.79 Å². The lowest BCUT2D eigenvalue weighted by Crippen LogP contribution is -2.45. The molecule has 6 atom stereocenters. The molecule has 4 bridgehead atoms. The van der Waals surface area contributed by atoms with Gasteiger partial charge in [0.05, 0.1) is 12.2 Å². The molecule has 4 aliphatic rings. The Morgan fingerprint density at radius 2 is 1.67 bits per heavy atom. The van der Waals surface area contributed by atoms with Gasteiger partial charge in [-0.05, 0) is 0 Å². The van der Waals surface area contributed by atoms with E-state index in [2.05, 4.69) is 6.92 Å². The van der Waals surface area contributed by atoms with Crippen molar-refractivity contribution in [3.05, 3.63) is 0 Å². The van der Waals surface area contributed by atoms with E-state index in [0.29, 0.717) is 5.92 Å². The quantitative estimate of drug-likeness (QED) is 0.524. The number of hydrogen-bond acceptors (Lipinski definition) is 3. The van der Waals surface area contributed by atoms with E-state index < -0.39 is 0 Å². The highest BCUT2D eigenvalue weighted by molar-refractivity contribution is 5.91. The Balaban J connectivity index is 2.06. The number of carbonyl (C=O) groups excluding carboxylic acids is 1. The predicted molar refractivity (Wildman–Crippen MR) is 40.7 cm³/mol. The van der Waals surface area contributed by atoms with Crippen LogP contribution in [0.15, 0.2) is 0 Å². The fourth-order valence-electron chi connectivity index (χ4n) is 2.81. The number of rotatable bonds is 0. The molecule has 12 heavy (non-hydrogen) atoms. The molecule has 4 unspecified atom stereocenters. The molecule has 0 aliphatic carbocycles. The Labute approximate surface area is 71.0 Å². The van der Waals surface area contributed by atoms with Gasteiger partial charge in [-0.2, -0.15) is 0 Å². The van der Waals surface area contributed by atoms with Crippen LogP contribution in [0.5, 0.6) is 0 Å². The summed E-state index contributed by atoms with van der Waals surface area (Å²) in [6, 6.07) is 0. The zero-order chi connectivity index (χ0) is 8.46. The SMILES string of the molecule is CC1C2OC3C(=O)[C@H](O[C@H]31)C2C. The van der Waals surface area contributed by atoms with Crippen molar-refractivity contribution < 1.29 is 14.3 Å². The van der Waals surface area contributed by atoms with Gasteiger partial charge >= 0.3 is 0 Å². The zero-order valence-electron chi connectivity index (χ0n) is 7.19. The van der Waals surface area contributed by atoms with Crippen molar-refractivity contribution in [1.29, 1.82) is 0 Å².